The van der Waals surface area contributed by atoms with Gasteiger partial charge in [-0.2, -0.15) is 5.10 Å². The van der Waals surface area contributed by atoms with E-state index < -0.39 is 25.6 Å². The highest BCUT2D eigenvalue weighted by atomic mass is 28.4. The first-order valence-electron chi connectivity index (χ1n) is 10.9. The van der Waals surface area contributed by atoms with E-state index in [1.807, 2.05) is 14.1 Å². The van der Waals surface area contributed by atoms with E-state index in [9.17, 15) is 10.2 Å². The van der Waals surface area contributed by atoms with Crippen molar-refractivity contribution >= 4 is 32.7 Å². The van der Waals surface area contributed by atoms with Crippen molar-refractivity contribution in [2.24, 2.45) is 9.98 Å². The van der Waals surface area contributed by atoms with Crippen LogP contribution in [0.3, 0.4) is 0 Å². The number of aliphatic hydroxyl groups excluding tert-OH is 1. The van der Waals surface area contributed by atoms with Crippen LogP contribution >= 0.6 is 0 Å². The summed E-state index contributed by atoms with van der Waals surface area (Å²) in [6, 6.07) is 3.47. The molecule has 11 heteroatoms. The number of ether oxygens (including phenoxy) is 1. The summed E-state index contributed by atoms with van der Waals surface area (Å²) >= 11 is 0. The van der Waals surface area contributed by atoms with Crippen LogP contribution in [0.1, 0.15) is 26.5 Å². The lowest BCUT2D eigenvalue weighted by Crippen LogP contribution is -2.56. The lowest BCUT2D eigenvalue weighted by atomic mass is 9.85. The first kappa shape index (κ1) is 25.4. The third-order valence-electron chi connectivity index (χ3n) is 6.68. The molecular formula is C22H36N6O4Si. The molecule has 0 spiro atoms. The van der Waals surface area contributed by atoms with Gasteiger partial charge in [0.05, 0.1) is 31.8 Å². The first-order chi connectivity index (χ1) is 15.3. The molecular weight excluding hydrogens is 440 g/mol. The molecule has 182 valence electrons. The molecule has 33 heavy (non-hydrogen) atoms. The predicted octanol–water partition coefficient (Wildman–Crippen LogP) is 1.99. The van der Waals surface area contributed by atoms with E-state index in [1.165, 1.54) is 10.8 Å². The van der Waals surface area contributed by atoms with Crippen LogP contribution < -0.4 is 0 Å². The van der Waals surface area contributed by atoms with E-state index in [4.69, 9.17) is 9.16 Å². The molecule has 2 aromatic rings. The maximum atomic E-state index is 11.7. The Morgan fingerprint density at radius 1 is 1.39 bits per heavy atom. The van der Waals surface area contributed by atoms with E-state index in [-0.39, 0.29) is 24.8 Å². The van der Waals surface area contributed by atoms with Gasteiger partial charge in [0, 0.05) is 14.1 Å². The smallest absolute Gasteiger partial charge is 0.192 e. The van der Waals surface area contributed by atoms with Crippen LogP contribution in [0.2, 0.25) is 18.1 Å². The van der Waals surface area contributed by atoms with Crippen molar-refractivity contribution in [3.8, 4) is 0 Å². The molecule has 2 aromatic heterocycles. The summed E-state index contributed by atoms with van der Waals surface area (Å²) in [5, 5.41) is 27.4. The molecule has 0 radical (unpaired) electrons. The van der Waals surface area contributed by atoms with Gasteiger partial charge in [0.2, 0.25) is 0 Å². The number of hydrogen-bond donors (Lipinski definition) is 2. The van der Waals surface area contributed by atoms with E-state index in [0.29, 0.717) is 17.0 Å². The number of aromatic nitrogens is 3. The molecule has 3 heterocycles. The number of rotatable bonds is 8. The fourth-order valence-corrected chi connectivity index (χ4v) is 4.62. The molecule has 0 bridgehead atoms. The lowest BCUT2D eigenvalue weighted by Gasteiger charge is -2.40. The summed E-state index contributed by atoms with van der Waals surface area (Å²) in [5.41, 5.74) is -1.98. The topological polar surface area (TPSA) is 117 Å². The zero-order chi connectivity index (χ0) is 24.7. The Morgan fingerprint density at radius 3 is 2.70 bits per heavy atom. The van der Waals surface area contributed by atoms with Crippen LogP contribution in [0.15, 0.2) is 28.4 Å². The molecule has 0 amide bonds. The maximum Gasteiger partial charge on any atom is 0.192 e. The van der Waals surface area contributed by atoms with Crippen LogP contribution in [0.5, 0.6) is 0 Å². The second-order valence-corrected chi connectivity index (χ2v) is 15.2. The van der Waals surface area contributed by atoms with Crippen LogP contribution in [0.25, 0.3) is 5.52 Å². The fourth-order valence-electron chi connectivity index (χ4n) is 3.59. The van der Waals surface area contributed by atoms with E-state index in [2.05, 4.69) is 60.7 Å². The van der Waals surface area contributed by atoms with Crippen LogP contribution in [-0.4, -0.2) is 96.6 Å². The highest BCUT2D eigenvalue weighted by molar-refractivity contribution is 6.74. The minimum absolute atomic E-state index is 0.0201. The van der Waals surface area contributed by atoms with Crippen molar-refractivity contribution in [3.05, 3.63) is 24.2 Å². The molecule has 3 rings (SSSR count). The second-order valence-electron chi connectivity index (χ2n) is 10.4. The van der Waals surface area contributed by atoms with Gasteiger partial charge in [0.1, 0.15) is 23.5 Å². The van der Waals surface area contributed by atoms with Gasteiger partial charge in [0.15, 0.2) is 19.7 Å². The minimum atomic E-state index is -2.14. The highest BCUT2D eigenvalue weighted by Crippen LogP contribution is 2.44. The van der Waals surface area contributed by atoms with Crippen molar-refractivity contribution in [1.29, 1.82) is 0 Å². The van der Waals surface area contributed by atoms with Gasteiger partial charge in [-0.3, -0.25) is 4.99 Å². The van der Waals surface area contributed by atoms with Crippen LogP contribution in [0.4, 0.5) is 5.82 Å². The second kappa shape index (κ2) is 8.88. The number of aliphatic imine (C=N–C) groups is 2. The fraction of sp³-hybridized carbons (Fsp3) is 0.636. The molecule has 0 saturated carbocycles. The Kier molecular flexibility index (Phi) is 6.84. The van der Waals surface area contributed by atoms with Gasteiger partial charge in [-0.25, -0.2) is 14.5 Å². The summed E-state index contributed by atoms with van der Waals surface area (Å²) in [6.45, 7) is 14.3. The lowest BCUT2D eigenvalue weighted by molar-refractivity contribution is -0.102. The van der Waals surface area contributed by atoms with Crippen molar-refractivity contribution in [2.75, 3.05) is 33.9 Å². The van der Waals surface area contributed by atoms with Gasteiger partial charge < -0.3 is 24.3 Å². The minimum Gasteiger partial charge on any atom is -0.414 e. The van der Waals surface area contributed by atoms with Gasteiger partial charge >= 0.3 is 0 Å². The average Bonchev–Trinajstić information content (AvgIpc) is 3.27. The SMILES string of the molecule is C=NC[C@]1(CO[Si](C)(C)C(C)(C)C)OC[C@](O)(c2ccc3c(N=CN(C)C)ncnn23)[C@@H]1O. The van der Waals surface area contributed by atoms with Crippen molar-refractivity contribution in [2.45, 2.75) is 56.2 Å². The van der Waals surface area contributed by atoms with E-state index in [1.54, 1.807) is 23.4 Å². The largest absolute Gasteiger partial charge is 0.414 e. The third kappa shape index (κ3) is 4.60. The third-order valence-corrected chi connectivity index (χ3v) is 11.2. The van der Waals surface area contributed by atoms with Crippen LogP contribution in [-0.2, 0) is 14.8 Å². The summed E-state index contributed by atoms with van der Waals surface area (Å²) in [4.78, 5) is 14.4. The molecule has 3 atom stereocenters. The van der Waals surface area contributed by atoms with Gasteiger partial charge in [-0.05, 0) is 37.0 Å². The molecule has 0 aliphatic carbocycles. The predicted molar refractivity (Wildman–Crippen MR) is 131 cm³/mol. The summed E-state index contributed by atoms with van der Waals surface area (Å²) < 4.78 is 14.0. The molecule has 1 aliphatic heterocycles. The molecule has 1 saturated heterocycles. The summed E-state index contributed by atoms with van der Waals surface area (Å²) in [7, 11) is 1.58. The Morgan fingerprint density at radius 2 is 2.09 bits per heavy atom. The maximum absolute atomic E-state index is 11.7. The van der Waals surface area contributed by atoms with Gasteiger partial charge in [-0.15, -0.1) is 0 Å². The number of fused-ring (bicyclic) bond motifs is 1. The number of aliphatic hydroxyl groups is 2. The van der Waals surface area contributed by atoms with Crippen LogP contribution in [0, 0.1) is 0 Å². The Labute approximate surface area is 196 Å². The molecule has 0 aromatic carbocycles. The molecule has 10 nitrogen and oxygen atoms in total. The summed E-state index contributed by atoms with van der Waals surface area (Å²) in [6.07, 6.45) is 1.68. The molecule has 1 fully saturated rings. The van der Waals surface area contributed by atoms with Gasteiger partial charge in [0.25, 0.3) is 0 Å². The monoisotopic (exact) mass is 476 g/mol. The van der Waals surface area contributed by atoms with E-state index >= 15 is 0 Å². The van der Waals surface area contributed by atoms with E-state index in [0.717, 1.165) is 0 Å². The van der Waals surface area contributed by atoms with Crippen molar-refractivity contribution in [3.63, 3.8) is 0 Å². The quantitative estimate of drug-likeness (QED) is 0.340. The zero-order valence-electron chi connectivity index (χ0n) is 20.6. The zero-order valence-corrected chi connectivity index (χ0v) is 21.6. The normalized spacial score (nSPS) is 26.4. The summed E-state index contributed by atoms with van der Waals surface area (Å²) in [5.74, 6) is 0.447. The van der Waals surface area contributed by atoms with Gasteiger partial charge in [-0.1, -0.05) is 20.8 Å². The average molecular weight is 477 g/mol. The Balaban J connectivity index is 1.97. The van der Waals surface area contributed by atoms with Crippen molar-refractivity contribution in [1.82, 2.24) is 19.5 Å². The highest BCUT2D eigenvalue weighted by Gasteiger charge is 2.60. The Hall–Kier alpha value is -2.18. The number of nitrogens with zero attached hydrogens (tertiary/aromatic N) is 6. The Bertz CT molecular complexity index is 1030. The van der Waals surface area contributed by atoms with Crippen molar-refractivity contribution < 1.29 is 19.4 Å². The molecule has 0 unspecified atom stereocenters. The molecule has 1 aliphatic rings. The number of hydrogen-bond acceptors (Lipinski definition) is 8. The first-order valence-corrected chi connectivity index (χ1v) is 13.8. The molecule has 2 N–H and O–H groups in total. The standard InChI is InChI=1S/C22H36N6O4Si/c1-20(2,3)33(7,8)32-12-21(11-23-4)19(29)22(30,13-31-21)17-10-9-16-18(25-15-27(5)6)24-14-26-28(16)17/h9-10,14-15,19,29-30H,4,11-13H2,1-3,5-8H3/t19-,21-,22+/m1/s1.